The number of rotatable bonds is 2. The number of nitrogens with zero attached hydrogens (tertiary/aromatic N) is 7. The number of hydrogen-bond acceptors (Lipinski definition) is 6. The van der Waals surface area contributed by atoms with E-state index in [4.69, 9.17) is 5.73 Å². The van der Waals surface area contributed by atoms with Gasteiger partial charge in [0.15, 0.2) is 11.5 Å². The zero-order chi connectivity index (χ0) is 14.2. The van der Waals surface area contributed by atoms with Crippen molar-refractivity contribution in [1.29, 1.82) is 0 Å². The molecule has 3 heterocycles. The summed E-state index contributed by atoms with van der Waals surface area (Å²) in [5.74, 6) is 0.781. The highest BCUT2D eigenvalue weighted by Gasteiger charge is 2.13. The first kappa shape index (κ1) is 11.5. The van der Waals surface area contributed by atoms with E-state index in [1.165, 1.54) is 17.3 Å². The van der Waals surface area contributed by atoms with E-state index in [-0.39, 0.29) is 5.95 Å². The first-order valence-corrected chi connectivity index (χ1v) is 6.24. The lowest BCUT2D eigenvalue weighted by Crippen LogP contribution is -2.02. The maximum Gasteiger partial charge on any atom is 0.239 e. The number of anilines is 1. The highest BCUT2D eigenvalue weighted by atomic mass is 15.4. The van der Waals surface area contributed by atoms with E-state index in [1.807, 2.05) is 30.3 Å². The summed E-state index contributed by atoms with van der Waals surface area (Å²) in [6.07, 6.45) is 4.68. The summed E-state index contributed by atoms with van der Waals surface area (Å²) in [7, 11) is 0. The third-order valence-corrected chi connectivity index (χ3v) is 3.07. The van der Waals surface area contributed by atoms with E-state index in [0.717, 1.165) is 11.1 Å². The smallest absolute Gasteiger partial charge is 0.239 e. The molecule has 0 radical (unpaired) electrons. The molecule has 8 heteroatoms. The molecule has 8 nitrogen and oxygen atoms in total. The molecule has 4 aromatic rings. The maximum atomic E-state index is 5.55. The molecule has 0 fully saturated rings. The van der Waals surface area contributed by atoms with Gasteiger partial charge in [-0.3, -0.25) is 0 Å². The number of para-hydroxylation sites is 1. The summed E-state index contributed by atoms with van der Waals surface area (Å²) in [4.78, 5) is 12.5. The van der Waals surface area contributed by atoms with Crippen molar-refractivity contribution in [2.45, 2.75) is 0 Å². The second-order valence-electron chi connectivity index (χ2n) is 4.37. The monoisotopic (exact) mass is 278 g/mol. The average molecular weight is 278 g/mol. The largest absolute Gasteiger partial charge is 0.366 e. The van der Waals surface area contributed by atoms with Crippen molar-refractivity contribution < 1.29 is 0 Å². The molecule has 3 aromatic heterocycles. The predicted molar refractivity (Wildman–Crippen MR) is 76.0 cm³/mol. The average Bonchev–Trinajstić information content (AvgIpc) is 3.14. The third kappa shape index (κ3) is 1.81. The summed E-state index contributed by atoms with van der Waals surface area (Å²) < 4.78 is 3.26. The molecule has 4 rings (SSSR count). The summed E-state index contributed by atoms with van der Waals surface area (Å²) in [5, 5.41) is 9.22. The van der Waals surface area contributed by atoms with Crippen LogP contribution in [0.5, 0.6) is 0 Å². The predicted octanol–water partition coefficient (Wildman–Crippen LogP) is 0.978. The van der Waals surface area contributed by atoms with Crippen LogP contribution in [0.3, 0.4) is 0 Å². The van der Waals surface area contributed by atoms with E-state index >= 15 is 0 Å². The number of nitrogen functional groups attached to an aromatic ring is 1. The van der Waals surface area contributed by atoms with Crippen molar-refractivity contribution in [1.82, 2.24) is 34.5 Å². The van der Waals surface area contributed by atoms with E-state index in [9.17, 15) is 0 Å². The van der Waals surface area contributed by atoms with Crippen LogP contribution in [0, 0.1) is 0 Å². The Bertz CT molecular complexity index is 908. The lowest BCUT2D eigenvalue weighted by Gasteiger charge is -2.03. The van der Waals surface area contributed by atoms with Gasteiger partial charge < -0.3 is 5.73 Å². The van der Waals surface area contributed by atoms with Crippen LogP contribution >= 0.6 is 0 Å². The third-order valence-electron chi connectivity index (χ3n) is 3.07. The second-order valence-corrected chi connectivity index (χ2v) is 4.37. The summed E-state index contributed by atoms with van der Waals surface area (Å²) in [6.45, 7) is 0. The SMILES string of the molecule is Nc1ncn(-c2ncnc3c2cnn3-c2ccccc2)n1. The van der Waals surface area contributed by atoms with Gasteiger partial charge in [0, 0.05) is 0 Å². The molecule has 0 saturated heterocycles. The molecule has 1 aromatic carbocycles. The maximum absolute atomic E-state index is 5.55. The Morgan fingerprint density at radius 2 is 1.86 bits per heavy atom. The van der Waals surface area contributed by atoms with Gasteiger partial charge >= 0.3 is 0 Å². The highest BCUT2D eigenvalue weighted by molar-refractivity contribution is 5.83. The van der Waals surface area contributed by atoms with Gasteiger partial charge in [0.2, 0.25) is 5.95 Å². The normalized spacial score (nSPS) is 11.0. The quantitative estimate of drug-likeness (QED) is 0.586. The van der Waals surface area contributed by atoms with Crippen molar-refractivity contribution in [3.63, 3.8) is 0 Å². The minimum absolute atomic E-state index is 0.192. The van der Waals surface area contributed by atoms with Crippen molar-refractivity contribution in [2.24, 2.45) is 0 Å². The molecule has 0 amide bonds. The zero-order valence-corrected chi connectivity index (χ0v) is 10.8. The molecule has 0 bridgehead atoms. The Morgan fingerprint density at radius 3 is 2.62 bits per heavy atom. The zero-order valence-electron chi connectivity index (χ0n) is 10.8. The molecule has 0 aliphatic heterocycles. The van der Waals surface area contributed by atoms with Gasteiger partial charge in [-0.15, -0.1) is 5.10 Å². The first-order valence-electron chi connectivity index (χ1n) is 6.24. The summed E-state index contributed by atoms with van der Waals surface area (Å²) >= 11 is 0. The van der Waals surface area contributed by atoms with Gasteiger partial charge in [0.05, 0.1) is 17.3 Å². The van der Waals surface area contributed by atoms with Crippen molar-refractivity contribution >= 4 is 17.0 Å². The first-order chi connectivity index (χ1) is 10.3. The fourth-order valence-electron chi connectivity index (χ4n) is 2.15. The van der Waals surface area contributed by atoms with Crippen LogP contribution < -0.4 is 5.73 Å². The van der Waals surface area contributed by atoms with Gasteiger partial charge in [-0.1, -0.05) is 18.2 Å². The minimum Gasteiger partial charge on any atom is -0.366 e. The van der Waals surface area contributed by atoms with Crippen LogP contribution in [0.25, 0.3) is 22.5 Å². The molecule has 0 aliphatic rings. The van der Waals surface area contributed by atoms with E-state index < -0.39 is 0 Å². The fraction of sp³-hybridized carbons (Fsp3) is 0. The molecule has 0 spiro atoms. The standard InChI is InChI=1S/C13H10N8/c14-13-17-8-20(19-13)11-10-6-18-21(12(10)16-7-15-11)9-4-2-1-3-5-9/h1-8H,(H2,14,19). The van der Waals surface area contributed by atoms with Crippen molar-refractivity contribution in [2.75, 3.05) is 5.73 Å². The summed E-state index contributed by atoms with van der Waals surface area (Å²) in [6, 6.07) is 9.77. The molecule has 21 heavy (non-hydrogen) atoms. The Hall–Kier alpha value is -3.29. The number of benzene rings is 1. The Balaban J connectivity index is 1.95. The van der Waals surface area contributed by atoms with E-state index in [1.54, 1.807) is 10.9 Å². The van der Waals surface area contributed by atoms with Crippen LogP contribution in [-0.2, 0) is 0 Å². The van der Waals surface area contributed by atoms with Crippen molar-refractivity contribution in [3.05, 3.63) is 49.2 Å². The Kier molecular flexibility index (Phi) is 2.40. The van der Waals surface area contributed by atoms with E-state index in [2.05, 4.69) is 25.1 Å². The fourth-order valence-corrected chi connectivity index (χ4v) is 2.15. The topological polar surface area (TPSA) is 100 Å². The van der Waals surface area contributed by atoms with Crippen LogP contribution in [0.1, 0.15) is 0 Å². The van der Waals surface area contributed by atoms with Gasteiger partial charge in [-0.05, 0) is 12.1 Å². The molecule has 2 N–H and O–H groups in total. The Morgan fingerprint density at radius 1 is 1.00 bits per heavy atom. The van der Waals surface area contributed by atoms with Crippen LogP contribution in [0.4, 0.5) is 5.95 Å². The summed E-state index contributed by atoms with van der Waals surface area (Å²) in [5.41, 5.74) is 7.17. The number of aromatic nitrogens is 7. The molecule has 0 unspecified atom stereocenters. The molecule has 0 saturated carbocycles. The van der Waals surface area contributed by atoms with Crippen LogP contribution in [0.2, 0.25) is 0 Å². The number of nitrogens with two attached hydrogens (primary N) is 1. The molecule has 0 atom stereocenters. The minimum atomic E-state index is 0.192. The van der Waals surface area contributed by atoms with Crippen LogP contribution in [-0.4, -0.2) is 34.5 Å². The second kappa shape index (κ2) is 4.37. The lowest BCUT2D eigenvalue weighted by molar-refractivity contribution is 0.850. The van der Waals surface area contributed by atoms with Crippen molar-refractivity contribution in [3.8, 4) is 11.5 Å². The number of hydrogen-bond donors (Lipinski definition) is 1. The van der Waals surface area contributed by atoms with Gasteiger partial charge in [0.25, 0.3) is 0 Å². The van der Waals surface area contributed by atoms with Gasteiger partial charge in [0.1, 0.15) is 12.7 Å². The molecule has 102 valence electrons. The van der Waals surface area contributed by atoms with Gasteiger partial charge in [-0.25, -0.2) is 19.6 Å². The van der Waals surface area contributed by atoms with E-state index in [0.29, 0.717) is 11.5 Å². The van der Waals surface area contributed by atoms with Crippen LogP contribution in [0.15, 0.2) is 49.2 Å². The molecule has 0 aliphatic carbocycles. The number of fused-ring (bicyclic) bond motifs is 1. The van der Waals surface area contributed by atoms with Gasteiger partial charge in [-0.2, -0.15) is 9.78 Å². The molecular weight excluding hydrogens is 268 g/mol. The lowest BCUT2D eigenvalue weighted by atomic mass is 10.3. The highest BCUT2D eigenvalue weighted by Crippen LogP contribution is 2.20. The molecular formula is C13H10N8. The Labute approximate surface area is 118 Å².